The van der Waals surface area contributed by atoms with E-state index in [9.17, 15) is 9.18 Å². The van der Waals surface area contributed by atoms with Crippen LogP contribution in [-0.2, 0) is 4.79 Å². The molecule has 0 aromatic heterocycles. The van der Waals surface area contributed by atoms with Gasteiger partial charge in [-0.2, -0.15) is 0 Å². The van der Waals surface area contributed by atoms with Gasteiger partial charge in [-0.15, -0.1) is 0 Å². The van der Waals surface area contributed by atoms with Crippen molar-refractivity contribution in [1.82, 2.24) is 4.90 Å². The number of hydrogen-bond donors (Lipinski definition) is 2. The van der Waals surface area contributed by atoms with Crippen LogP contribution in [0.5, 0.6) is 0 Å². The van der Waals surface area contributed by atoms with Crippen molar-refractivity contribution in [2.75, 3.05) is 12.4 Å². The van der Waals surface area contributed by atoms with Gasteiger partial charge in [-0.25, -0.2) is 4.39 Å². The summed E-state index contributed by atoms with van der Waals surface area (Å²) in [6.07, 6.45) is 5.51. The molecule has 1 aromatic rings. The van der Waals surface area contributed by atoms with E-state index in [1.54, 1.807) is 26.1 Å². The van der Waals surface area contributed by atoms with Gasteiger partial charge < -0.3 is 15.6 Å². The summed E-state index contributed by atoms with van der Waals surface area (Å²) in [6, 6.07) is 5.26. The number of amides is 1. The second-order valence-electron chi connectivity index (χ2n) is 9.72. The minimum absolute atomic E-state index is 0.00805. The predicted octanol–water partition coefficient (Wildman–Crippen LogP) is 4.44. The van der Waals surface area contributed by atoms with Crippen molar-refractivity contribution in [3.63, 3.8) is 0 Å². The molecule has 2 heterocycles. The molecule has 4 nitrogen and oxygen atoms in total. The molecule has 27 heavy (non-hydrogen) atoms. The topological polar surface area (TPSA) is 56.2 Å². The summed E-state index contributed by atoms with van der Waals surface area (Å²) >= 11 is 0. The molecule has 0 spiro atoms. The minimum Gasteiger partial charge on any atom is -0.387 e. The fourth-order valence-electron chi connectivity index (χ4n) is 6.53. The number of anilines is 1. The quantitative estimate of drug-likeness (QED) is 0.769. The van der Waals surface area contributed by atoms with E-state index in [2.05, 4.69) is 24.1 Å². The number of nitrogens with one attached hydrogen (secondary N) is 2. The number of carbonyl (C=O) groups is 1. The molecule has 4 bridgehead atoms. The molecule has 2 aliphatic heterocycles. The molecule has 146 valence electrons. The zero-order chi connectivity index (χ0) is 19.6. The lowest BCUT2D eigenvalue weighted by Crippen LogP contribution is -2.66. The highest BCUT2D eigenvalue weighted by Crippen LogP contribution is 2.61. The van der Waals surface area contributed by atoms with E-state index >= 15 is 0 Å². The first-order valence-corrected chi connectivity index (χ1v) is 10.0. The Bertz CT molecular complexity index is 769. The first-order chi connectivity index (χ1) is 12.7. The van der Waals surface area contributed by atoms with E-state index in [1.807, 2.05) is 0 Å². The molecule has 2 N–H and O–H groups in total. The molecule has 1 atom stereocenters. The second kappa shape index (κ2) is 6.05. The van der Waals surface area contributed by atoms with Gasteiger partial charge in [0.15, 0.2) is 0 Å². The third-order valence-corrected chi connectivity index (χ3v) is 7.16. The van der Waals surface area contributed by atoms with E-state index in [1.165, 1.54) is 12.5 Å². The van der Waals surface area contributed by atoms with Crippen LogP contribution in [0.15, 0.2) is 18.2 Å². The number of piperidine rings is 2. The third-order valence-electron chi connectivity index (χ3n) is 7.16. The predicted molar refractivity (Wildman–Crippen MR) is 106 cm³/mol. The molecule has 4 aliphatic rings. The zero-order valence-corrected chi connectivity index (χ0v) is 16.7. The Hall–Kier alpha value is -1.91. The number of nitrogens with zero attached hydrogens (tertiary/aromatic N) is 1. The van der Waals surface area contributed by atoms with Gasteiger partial charge in [0.25, 0.3) is 0 Å². The van der Waals surface area contributed by atoms with Crippen LogP contribution in [0.2, 0.25) is 0 Å². The normalized spacial score (nSPS) is 35.2. The average Bonchev–Trinajstić information content (AvgIpc) is 2.57. The van der Waals surface area contributed by atoms with E-state index < -0.39 is 11.7 Å². The van der Waals surface area contributed by atoms with Gasteiger partial charge in [0.1, 0.15) is 5.82 Å². The van der Waals surface area contributed by atoms with Crippen LogP contribution in [0.25, 0.3) is 0 Å². The van der Waals surface area contributed by atoms with Crippen molar-refractivity contribution < 1.29 is 9.18 Å². The van der Waals surface area contributed by atoms with Crippen LogP contribution < -0.4 is 5.32 Å². The average molecular weight is 372 g/mol. The summed E-state index contributed by atoms with van der Waals surface area (Å²) < 4.78 is 14.4. The van der Waals surface area contributed by atoms with Gasteiger partial charge in [0.05, 0.1) is 17.2 Å². The van der Waals surface area contributed by atoms with Gasteiger partial charge >= 0.3 is 0 Å². The Kier molecular flexibility index (Phi) is 4.13. The highest BCUT2D eigenvalue weighted by Gasteiger charge is 2.58. The Balaban J connectivity index is 1.60. The molecule has 2 saturated carbocycles. The molecular formula is C22H30FN3O. The van der Waals surface area contributed by atoms with Crippen molar-refractivity contribution >= 4 is 17.3 Å². The lowest BCUT2D eigenvalue weighted by molar-refractivity contribution is -0.169. The van der Waals surface area contributed by atoms with Gasteiger partial charge in [0, 0.05) is 24.8 Å². The van der Waals surface area contributed by atoms with Crippen LogP contribution in [-0.4, -0.2) is 35.7 Å². The monoisotopic (exact) mass is 371 g/mol. The SMILES string of the molecule is CNc1cccc(F)c1C(=N)C(C)C(=O)N1C2CC3(C)CC1CC(C)(C2)C3. The molecule has 2 saturated heterocycles. The smallest absolute Gasteiger partial charge is 0.231 e. The van der Waals surface area contributed by atoms with Crippen LogP contribution in [0.4, 0.5) is 10.1 Å². The standard InChI is InChI=1S/C22H30FN3O/c1-13(19(24)18-16(23)6-5-7-17(18)25-4)20(27)26-14-8-21(2)9-15(26)11-22(3,10-14)12-21/h5-7,13-15,24-25H,8-12H2,1-4H3. The van der Waals surface area contributed by atoms with Crippen molar-refractivity contribution in [3.05, 3.63) is 29.6 Å². The molecule has 1 unspecified atom stereocenters. The summed E-state index contributed by atoms with van der Waals surface area (Å²) in [6.45, 7) is 6.50. The highest BCUT2D eigenvalue weighted by atomic mass is 19.1. The number of halogens is 1. The Morgan fingerprint density at radius 1 is 1.22 bits per heavy atom. The maximum atomic E-state index is 14.4. The highest BCUT2D eigenvalue weighted by molar-refractivity contribution is 6.14. The van der Waals surface area contributed by atoms with E-state index in [0.717, 1.165) is 25.7 Å². The maximum absolute atomic E-state index is 14.4. The van der Waals surface area contributed by atoms with E-state index in [4.69, 9.17) is 5.41 Å². The second-order valence-corrected chi connectivity index (χ2v) is 9.72. The van der Waals surface area contributed by atoms with Crippen molar-refractivity contribution in [1.29, 1.82) is 5.41 Å². The van der Waals surface area contributed by atoms with Crippen LogP contribution >= 0.6 is 0 Å². The summed E-state index contributed by atoms with van der Waals surface area (Å²) in [4.78, 5) is 15.5. The fraction of sp³-hybridized carbons (Fsp3) is 0.636. The zero-order valence-electron chi connectivity index (χ0n) is 16.7. The van der Waals surface area contributed by atoms with Crippen LogP contribution in [0, 0.1) is 28.0 Å². The number of benzene rings is 1. The van der Waals surface area contributed by atoms with Gasteiger partial charge in [-0.1, -0.05) is 19.9 Å². The summed E-state index contributed by atoms with van der Waals surface area (Å²) in [7, 11) is 1.71. The summed E-state index contributed by atoms with van der Waals surface area (Å²) in [5.74, 6) is -1.11. The lowest BCUT2D eigenvalue weighted by atomic mass is 9.50. The number of hydrogen-bond acceptors (Lipinski definition) is 3. The van der Waals surface area contributed by atoms with E-state index in [0.29, 0.717) is 16.5 Å². The Labute approximate surface area is 161 Å². The van der Waals surface area contributed by atoms with E-state index in [-0.39, 0.29) is 29.3 Å². The van der Waals surface area contributed by atoms with Crippen LogP contribution in [0.1, 0.15) is 58.4 Å². The number of carbonyl (C=O) groups excluding carboxylic acids is 1. The molecule has 1 amide bonds. The molecule has 1 aromatic carbocycles. The van der Waals surface area contributed by atoms with Gasteiger partial charge in [-0.3, -0.25) is 4.79 Å². The molecule has 0 radical (unpaired) electrons. The summed E-state index contributed by atoms with van der Waals surface area (Å²) in [5.41, 5.74) is 1.52. The Morgan fingerprint density at radius 2 is 1.78 bits per heavy atom. The largest absolute Gasteiger partial charge is 0.387 e. The molecule has 2 aliphatic carbocycles. The van der Waals surface area contributed by atoms with Crippen LogP contribution in [0.3, 0.4) is 0 Å². The molecular weight excluding hydrogens is 341 g/mol. The summed E-state index contributed by atoms with van der Waals surface area (Å²) in [5, 5.41) is 11.5. The Morgan fingerprint density at radius 3 is 2.30 bits per heavy atom. The first kappa shape index (κ1) is 18.5. The van der Waals surface area contributed by atoms with Gasteiger partial charge in [0.2, 0.25) is 5.91 Å². The van der Waals surface area contributed by atoms with Crippen molar-refractivity contribution in [2.24, 2.45) is 16.7 Å². The maximum Gasteiger partial charge on any atom is 0.231 e. The fourth-order valence-corrected chi connectivity index (χ4v) is 6.53. The van der Waals surface area contributed by atoms with Crippen molar-refractivity contribution in [3.8, 4) is 0 Å². The molecule has 5 rings (SSSR count). The third kappa shape index (κ3) is 2.86. The molecule has 4 fully saturated rings. The van der Waals surface area contributed by atoms with Crippen molar-refractivity contribution in [2.45, 2.75) is 65.0 Å². The first-order valence-electron chi connectivity index (χ1n) is 10.0. The lowest BCUT2D eigenvalue weighted by Gasteiger charge is -2.65. The minimum atomic E-state index is -0.646. The number of rotatable bonds is 4. The molecule has 5 heteroatoms. The van der Waals surface area contributed by atoms with Gasteiger partial charge in [-0.05, 0) is 62.0 Å².